The van der Waals surface area contributed by atoms with Crippen LogP contribution < -0.4 is 11.3 Å². The van der Waals surface area contributed by atoms with Crippen molar-refractivity contribution in [2.45, 2.75) is 37.9 Å². The van der Waals surface area contributed by atoms with Gasteiger partial charge in [-0.25, -0.2) is 4.98 Å². The van der Waals surface area contributed by atoms with Crippen molar-refractivity contribution in [3.05, 3.63) is 16.7 Å². The molecule has 0 fully saturated rings. The van der Waals surface area contributed by atoms with Crippen molar-refractivity contribution in [2.24, 2.45) is 0 Å². The van der Waals surface area contributed by atoms with E-state index < -0.39 is 25.2 Å². The SMILES string of the molecule is Nc1nc2c(ncn2CCCCCC(F)(F)P(=O)(O)O)c(=O)[nH]1. The Hall–Kier alpha value is -1.84. The van der Waals surface area contributed by atoms with Crippen molar-refractivity contribution in [3.8, 4) is 0 Å². The minimum absolute atomic E-state index is 0.0408. The molecule has 128 valence electrons. The number of unbranched alkanes of at least 4 members (excludes halogenated alkanes) is 2. The van der Waals surface area contributed by atoms with Gasteiger partial charge in [0.25, 0.3) is 5.56 Å². The number of halogens is 2. The highest BCUT2D eigenvalue weighted by Gasteiger charge is 2.47. The van der Waals surface area contributed by atoms with Crippen LogP contribution in [0.25, 0.3) is 11.2 Å². The van der Waals surface area contributed by atoms with Crippen LogP contribution in [0.3, 0.4) is 0 Å². The van der Waals surface area contributed by atoms with Crippen LogP contribution in [-0.4, -0.2) is 35.0 Å². The molecule has 0 amide bonds. The Morgan fingerprint density at radius 3 is 2.70 bits per heavy atom. The summed E-state index contributed by atoms with van der Waals surface area (Å²) in [6.07, 6.45) is 1.26. The van der Waals surface area contributed by atoms with E-state index in [-0.39, 0.29) is 17.9 Å². The van der Waals surface area contributed by atoms with Crippen LogP contribution in [0.4, 0.5) is 14.7 Å². The highest BCUT2D eigenvalue weighted by molar-refractivity contribution is 7.53. The number of H-pyrrole nitrogens is 1. The zero-order chi connectivity index (χ0) is 17.3. The first-order valence-electron chi connectivity index (χ1n) is 6.76. The van der Waals surface area contributed by atoms with Crippen LogP contribution >= 0.6 is 7.60 Å². The molecule has 0 aliphatic rings. The van der Waals surface area contributed by atoms with Crippen LogP contribution in [0.1, 0.15) is 25.7 Å². The number of nitrogens with one attached hydrogen (secondary N) is 1. The lowest BCUT2D eigenvalue weighted by molar-refractivity contribution is 0.0476. The van der Waals surface area contributed by atoms with Crippen LogP contribution in [0.5, 0.6) is 0 Å². The molecule has 0 saturated carbocycles. The maximum Gasteiger partial charge on any atom is 0.394 e. The molecular formula is C11H16F2N5O4P. The number of nitrogen functional groups attached to an aromatic ring is 1. The molecule has 0 aromatic carbocycles. The number of anilines is 1. The van der Waals surface area contributed by atoms with Gasteiger partial charge in [-0.2, -0.15) is 13.8 Å². The fraction of sp³-hybridized carbons (Fsp3) is 0.545. The first kappa shape index (κ1) is 17.5. The number of aromatic nitrogens is 4. The van der Waals surface area contributed by atoms with Crippen molar-refractivity contribution in [3.63, 3.8) is 0 Å². The number of rotatable bonds is 7. The van der Waals surface area contributed by atoms with Crippen molar-refractivity contribution >= 4 is 24.7 Å². The molecule has 2 heterocycles. The summed E-state index contributed by atoms with van der Waals surface area (Å²) in [6.45, 7) is 0.369. The van der Waals surface area contributed by atoms with E-state index in [1.165, 1.54) is 6.33 Å². The van der Waals surface area contributed by atoms with Gasteiger partial charge in [-0.1, -0.05) is 6.42 Å². The fourth-order valence-electron chi connectivity index (χ4n) is 2.08. The molecule has 5 N–H and O–H groups in total. The average molecular weight is 351 g/mol. The Bertz CT molecular complexity index is 799. The number of fused-ring (bicyclic) bond motifs is 1. The van der Waals surface area contributed by atoms with E-state index in [1.807, 2.05) is 0 Å². The number of hydrogen-bond donors (Lipinski definition) is 4. The highest BCUT2D eigenvalue weighted by Crippen LogP contribution is 2.55. The number of hydrogen-bond acceptors (Lipinski definition) is 5. The second-order valence-electron chi connectivity index (χ2n) is 5.08. The van der Waals surface area contributed by atoms with Crippen LogP contribution in [0.2, 0.25) is 0 Å². The van der Waals surface area contributed by atoms with E-state index in [0.29, 0.717) is 25.0 Å². The minimum atomic E-state index is -5.42. The summed E-state index contributed by atoms with van der Waals surface area (Å²) in [7, 11) is -5.42. The zero-order valence-corrected chi connectivity index (χ0v) is 12.8. The molecule has 9 nitrogen and oxygen atoms in total. The molecule has 23 heavy (non-hydrogen) atoms. The van der Waals surface area contributed by atoms with Crippen LogP contribution in [-0.2, 0) is 11.1 Å². The molecule has 0 bridgehead atoms. The Morgan fingerprint density at radius 1 is 1.35 bits per heavy atom. The molecule has 0 spiro atoms. The molecule has 2 aromatic rings. The quantitative estimate of drug-likeness (QED) is 0.430. The molecular weight excluding hydrogens is 335 g/mol. The maximum atomic E-state index is 13.1. The van der Waals surface area contributed by atoms with Gasteiger partial charge in [0.15, 0.2) is 11.2 Å². The van der Waals surface area contributed by atoms with Gasteiger partial charge in [0.2, 0.25) is 5.95 Å². The van der Waals surface area contributed by atoms with Gasteiger partial charge in [0.1, 0.15) is 0 Å². The fourth-order valence-corrected chi connectivity index (χ4v) is 2.53. The van der Waals surface area contributed by atoms with E-state index in [4.69, 9.17) is 15.5 Å². The molecule has 12 heteroatoms. The summed E-state index contributed by atoms with van der Waals surface area (Å²) in [4.78, 5) is 38.8. The van der Waals surface area contributed by atoms with E-state index in [1.54, 1.807) is 4.57 Å². The molecule has 0 aliphatic heterocycles. The maximum absolute atomic E-state index is 13.1. The van der Waals surface area contributed by atoms with Gasteiger partial charge in [0.05, 0.1) is 6.33 Å². The number of imidazole rings is 1. The third-order valence-electron chi connectivity index (χ3n) is 3.30. The number of aryl methyl sites for hydroxylation is 1. The molecule has 2 rings (SSSR count). The lowest BCUT2D eigenvalue weighted by atomic mass is 10.2. The molecule has 0 radical (unpaired) electrons. The number of nitrogens with zero attached hydrogens (tertiary/aromatic N) is 3. The van der Waals surface area contributed by atoms with E-state index >= 15 is 0 Å². The predicted molar refractivity (Wildman–Crippen MR) is 78.0 cm³/mol. The van der Waals surface area contributed by atoms with Gasteiger partial charge >= 0.3 is 13.3 Å². The minimum Gasteiger partial charge on any atom is -0.369 e. The second-order valence-corrected chi connectivity index (χ2v) is 6.82. The summed E-state index contributed by atoms with van der Waals surface area (Å²) in [6, 6.07) is 0. The van der Waals surface area contributed by atoms with E-state index in [0.717, 1.165) is 0 Å². The Morgan fingerprint density at radius 2 is 2.04 bits per heavy atom. The van der Waals surface area contributed by atoms with Gasteiger partial charge < -0.3 is 20.1 Å². The lowest BCUT2D eigenvalue weighted by Gasteiger charge is -2.17. The number of alkyl halides is 2. The van der Waals surface area contributed by atoms with E-state index in [2.05, 4.69) is 15.0 Å². The monoisotopic (exact) mass is 351 g/mol. The van der Waals surface area contributed by atoms with Gasteiger partial charge in [-0.05, 0) is 12.8 Å². The summed E-state index contributed by atoms with van der Waals surface area (Å²) >= 11 is 0. The normalized spacial score (nSPS) is 12.9. The van der Waals surface area contributed by atoms with Gasteiger partial charge in [-0.15, -0.1) is 0 Å². The topological polar surface area (TPSA) is 147 Å². The standard InChI is InChI=1S/C11H16F2N5O4P/c12-11(13,23(20,21)22)4-2-1-3-5-18-6-15-7-8(18)16-10(14)17-9(7)19/h6H,1-5H2,(H2,20,21,22)(H3,14,16,17,19). The predicted octanol–water partition coefficient (Wildman–Crippen LogP) is 1.03. The van der Waals surface area contributed by atoms with Crippen molar-refractivity contribution in [1.82, 2.24) is 19.5 Å². The van der Waals surface area contributed by atoms with Gasteiger partial charge in [-0.3, -0.25) is 14.3 Å². The summed E-state index contributed by atoms with van der Waals surface area (Å²) < 4.78 is 38.3. The number of nitrogens with two attached hydrogens (primary N) is 1. The molecule has 0 aliphatic carbocycles. The molecule has 0 saturated heterocycles. The second kappa shape index (κ2) is 6.34. The average Bonchev–Trinajstić information content (AvgIpc) is 2.80. The van der Waals surface area contributed by atoms with Crippen molar-refractivity contribution < 1.29 is 23.1 Å². The number of aromatic amines is 1. The van der Waals surface area contributed by atoms with Crippen LogP contribution in [0.15, 0.2) is 11.1 Å². The van der Waals surface area contributed by atoms with Crippen LogP contribution in [0, 0.1) is 0 Å². The summed E-state index contributed by atoms with van der Waals surface area (Å²) in [5.74, 6) is -0.0504. The van der Waals surface area contributed by atoms with Crippen molar-refractivity contribution in [2.75, 3.05) is 5.73 Å². The highest BCUT2D eigenvalue weighted by atomic mass is 31.2. The van der Waals surface area contributed by atoms with Gasteiger partial charge in [0, 0.05) is 13.0 Å². The third kappa shape index (κ3) is 3.92. The smallest absolute Gasteiger partial charge is 0.369 e. The molecule has 0 unspecified atom stereocenters. The van der Waals surface area contributed by atoms with Crippen molar-refractivity contribution in [1.29, 1.82) is 0 Å². The largest absolute Gasteiger partial charge is 0.394 e. The molecule has 2 aromatic heterocycles. The molecule has 0 atom stereocenters. The Labute approximate surface area is 128 Å². The zero-order valence-electron chi connectivity index (χ0n) is 11.9. The first-order chi connectivity index (χ1) is 10.6. The third-order valence-corrected chi connectivity index (χ3v) is 4.37. The lowest BCUT2D eigenvalue weighted by Crippen LogP contribution is -2.16. The Balaban J connectivity index is 1.91. The summed E-state index contributed by atoms with van der Waals surface area (Å²) in [5.41, 5.74) is 1.42. The summed E-state index contributed by atoms with van der Waals surface area (Å²) in [5, 5.41) is 0. The first-order valence-corrected chi connectivity index (χ1v) is 8.37. The van der Waals surface area contributed by atoms with E-state index in [9.17, 15) is 18.1 Å². The Kier molecular flexibility index (Phi) is 4.83.